The van der Waals surface area contributed by atoms with Crippen molar-refractivity contribution in [2.75, 3.05) is 12.9 Å². The fraction of sp³-hybridized carbons (Fsp3) is 0.875. The Labute approximate surface area is 78.0 Å². The van der Waals surface area contributed by atoms with Crippen LogP contribution in [0, 0.1) is 0 Å². The normalized spacial score (nSPS) is 15.3. The summed E-state index contributed by atoms with van der Waals surface area (Å²) < 4.78 is 4.51. The minimum atomic E-state index is -0.170. The Morgan fingerprint density at radius 1 is 1.58 bits per heavy atom. The van der Waals surface area contributed by atoms with Crippen LogP contribution in [-0.4, -0.2) is 30.1 Å². The molecule has 2 N–H and O–H groups in total. The molecule has 0 saturated carbocycles. The van der Waals surface area contributed by atoms with E-state index in [9.17, 15) is 4.79 Å². The first kappa shape index (κ1) is 11.8. The van der Waals surface area contributed by atoms with Gasteiger partial charge in [0.15, 0.2) is 0 Å². The summed E-state index contributed by atoms with van der Waals surface area (Å²) in [6.07, 6.45) is 0.932. The van der Waals surface area contributed by atoms with Gasteiger partial charge in [-0.1, -0.05) is 6.92 Å². The Balaban J connectivity index is 3.43. The average Bonchev–Trinajstić information content (AvgIpc) is 1.99. The molecule has 0 aromatic rings. The Bertz CT molecular complexity index is 139. The van der Waals surface area contributed by atoms with Crippen LogP contribution in [0.1, 0.15) is 20.3 Å². The minimum absolute atomic E-state index is 0.170. The van der Waals surface area contributed by atoms with E-state index in [1.165, 1.54) is 7.11 Å². The lowest BCUT2D eigenvalue weighted by atomic mass is 10.2. The number of nitrogens with two attached hydrogens (primary N) is 1. The van der Waals surface area contributed by atoms with Gasteiger partial charge in [-0.3, -0.25) is 4.79 Å². The van der Waals surface area contributed by atoms with E-state index in [2.05, 4.69) is 11.7 Å². The summed E-state index contributed by atoms with van der Waals surface area (Å²) in [5.41, 5.74) is 5.60. The number of carbonyl (C=O) groups is 1. The maximum Gasteiger partial charge on any atom is 0.315 e. The number of ether oxygens (including phenoxy) is 1. The second kappa shape index (κ2) is 6.31. The fourth-order valence-corrected chi connectivity index (χ4v) is 1.84. The van der Waals surface area contributed by atoms with Crippen molar-refractivity contribution < 1.29 is 9.53 Å². The van der Waals surface area contributed by atoms with Crippen molar-refractivity contribution in [3.8, 4) is 0 Å². The zero-order valence-corrected chi connectivity index (χ0v) is 8.69. The highest BCUT2D eigenvalue weighted by atomic mass is 32.2. The number of methoxy groups -OCH3 is 1. The van der Waals surface area contributed by atoms with Gasteiger partial charge >= 0.3 is 5.97 Å². The lowest BCUT2D eigenvalue weighted by Gasteiger charge is -2.12. The molecule has 0 amide bonds. The standard InChI is InChI=1S/C8H17NO2S/c1-6(9)4-7(2)12-5-8(10)11-3/h6-7H,4-5,9H2,1-3H3. The lowest BCUT2D eigenvalue weighted by molar-refractivity contribution is -0.137. The molecule has 2 atom stereocenters. The van der Waals surface area contributed by atoms with E-state index >= 15 is 0 Å². The maximum atomic E-state index is 10.7. The molecule has 72 valence electrons. The van der Waals surface area contributed by atoms with E-state index in [1.807, 2.05) is 6.92 Å². The van der Waals surface area contributed by atoms with E-state index in [4.69, 9.17) is 5.73 Å². The van der Waals surface area contributed by atoms with Crippen LogP contribution in [0.2, 0.25) is 0 Å². The lowest BCUT2D eigenvalue weighted by Crippen LogP contribution is -2.20. The minimum Gasteiger partial charge on any atom is -0.468 e. The van der Waals surface area contributed by atoms with E-state index in [0.29, 0.717) is 11.0 Å². The highest BCUT2D eigenvalue weighted by Gasteiger charge is 2.08. The molecule has 0 spiro atoms. The van der Waals surface area contributed by atoms with Gasteiger partial charge in [0.2, 0.25) is 0 Å². The van der Waals surface area contributed by atoms with Gasteiger partial charge in [-0.15, -0.1) is 11.8 Å². The van der Waals surface area contributed by atoms with Crippen LogP contribution in [0.4, 0.5) is 0 Å². The summed E-state index contributed by atoms with van der Waals surface area (Å²) >= 11 is 1.58. The molecule has 4 heteroatoms. The van der Waals surface area contributed by atoms with Crippen LogP contribution in [-0.2, 0) is 9.53 Å². The Kier molecular flexibility index (Phi) is 6.20. The third kappa shape index (κ3) is 6.49. The highest BCUT2D eigenvalue weighted by molar-refractivity contribution is 8.00. The van der Waals surface area contributed by atoms with Crippen LogP contribution in [0.3, 0.4) is 0 Å². The topological polar surface area (TPSA) is 52.3 Å². The number of esters is 1. The van der Waals surface area contributed by atoms with E-state index in [0.717, 1.165) is 6.42 Å². The second-order valence-corrected chi connectivity index (χ2v) is 4.34. The van der Waals surface area contributed by atoms with Gasteiger partial charge in [-0.25, -0.2) is 0 Å². The van der Waals surface area contributed by atoms with Crippen molar-refractivity contribution in [2.24, 2.45) is 5.73 Å². The number of thioether (sulfide) groups is 1. The predicted octanol–water partition coefficient (Wildman–Crippen LogP) is 1.02. The number of hydrogen-bond donors (Lipinski definition) is 1. The monoisotopic (exact) mass is 191 g/mol. The molecule has 0 fully saturated rings. The molecular formula is C8H17NO2S. The van der Waals surface area contributed by atoms with Gasteiger partial charge in [0, 0.05) is 11.3 Å². The summed E-state index contributed by atoms with van der Waals surface area (Å²) in [4.78, 5) is 10.7. The first-order valence-corrected chi connectivity index (χ1v) is 5.05. The van der Waals surface area contributed by atoms with Crippen LogP contribution in [0.15, 0.2) is 0 Å². The highest BCUT2D eigenvalue weighted by Crippen LogP contribution is 2.14. The van der Waals surface area contributed by atoms with Crippen molar-refractivity contribution in [1.82, 2.24) is 0 Å². The Morgan fingerprint density at radius 2 is 2.17 bits per heavy atom. The van der Waals surface area contributed by atoms with E-state index < -0.39 is 0 Å². The maximum absolute atomic E-state index is 10.7. The molecule has 0 aromatic heterocycles. The molecule has 0 aliphatic rings. The van der Waals surface area contributed by atoms with Gasteiger partial charge in [0.05, 0.1) is 12.9 Å². The third-order valence-electron chi connectivity index (χ3n) is 1.42. The number of rotatable bonds is 5. The molecule has 0 heterocycles. The summed E-state index contributed by atoms with van der Waals surface area (Å²) in [6.45, 7) is 4.03. The van der Waals surface area contributed by atoms with E-state index in [1.54, 1.807) is 11.8 Å². The molecule has 2 unspecified atom stereocenters. The summed E-state index contributed by atoms with van der Waals surface area (Å²) in [6, 6.07) is 0.199. The summed E-state index contributed by atoms with van der Waals surface area (Å²) in [7, 11) is 1.40. The molecule has 0 bridgehead atoms. The second-order valence-electron chi connectivity index (χ2n) is 2.91. The predicted molar refractivity (Wildman–Crippen MR) is 52.2 cm³/mol. The first-order chi connectivity index (χ1) is 5.56. The average molecular weight is 191 g/mol. The van der Waals surface area contributed by atoms with Crippen molar-refractivity contribution in [2.45, 2.75) is 31.6 Å². The number of hydrogen-bond acceptors (Lipinski definition) is 4. The molecular weight excluding hydrogens is 174 g/mol. The zero-order valence-electron chi connectivity index (χ0n) is 7.87. The molecule has 0 aromatic carbocycles. The summed E-state index contributed by atoms with van der Waals surface area (Å²) in [5.74, 6) is 0.251. The van der Waals surface area contributed by atoms with Gasteiger partial charge in [0.25, 0.3) is 0 Å². The van der Waals surface area contributed by atoms with Gasteiger partial charge in [-0.05, 0) is 13.3 Å². The molecule has 0 rings (SSSR count). The summed E-state index contributed by atoms with van der Waals surface area (Å²) in [5, 5.41) is 0.420. The smallest absolute Gasteiger partial charge is 0.315 e. The van der Waals surface area contributed by atoms with Crippen LogP contribution in [0.25, 0.3) is 0 Å². The Morgan fingerprint density at radius 3 is 2.58 bits per heavy atom. The molecule has 0 aliphatic heterocycles. The molecule has 0 aliphatic carbocycles. The number of carbonyl (C=O) groups excluding carboxylic acids is 1. The van der Waals surface area contributed by atoms with E-state index in [-0.39, 0.29) is 12.0 Å². The first-order valence-electron chi connectivity index (χ1n) is 4.00. The largest absolute Gasteiger partial charge is 0.468 e. The van der Waals surface area contributed by atoms with Crippen LogP contribution >= 0.6 is 11.8 Å². The van der Waals surface area contributed by atoms with Gasteiger partial charge < -0.3 is 10.5 Å². The van der Waals surface area contributed by atoms with Gasteiger partial charge in [-0.2, -0.15) is 0 Å². The SMILES string of the molecule is COC(=O)CSC(C)CC(C)N. The van der Waals surface area contributed by atoms with Gasteiger partial charge in [0.1, 0.15) is 0 Å². The third-order valence-corrected chi connectivity index (χ3v) is 2.58. The quantitative estimate of drug-likeness (QED) is 0.659. The van der Waals surface area contributed by atoms with Crippen molar-refractivity contribution in [3.05, 3.63) is 0 Å². The van der Waals surface area contributed by atoms with Crippen molar-refractivity contribution in [1.29, 1.82) is 0 Å². The molecule has 12 heavy (non-hydrogen) atoms. The Hall–Kier alpha value is -0.220. The zero-order chi connectivity index (χ0) is 9.56. The van der Waals surface area contributed by atoms with Crippen LogP contribution < -0.4 is 5.73 Å². The van der Waals surface area contributed by atoms with Crippen LogP contribution in [0.5, 0.6) is 0 Å². The molecule has 3 nitrogen and oxygen atoms in total. The van der Waals surface area contributed by atoms with Crippen molar-refractivity contribution in [3.63, 3.8) is 0 Å². The van der Waals surface area contributed by atoms with Crippen molar-refractivity contribution >= 4 is 17.7 Å². The molecule has 0 radical (unpaired) electrons. The fourth-order valence-electron chi connectivity index (χ4n) is 0.861. The molecule has 0 saturated heterocycles.